The van der Waals surface area contributed by atoms with Gasteiger partial charge in [-0.05, 0) is 24.6 Å². The van der Waals surface area contributed by atoms with Crippen molar-refractivity contribution < 1.29 is 8.42 Å². The predicted molar refractivity (Wildman–Crippen MR) is 53.9 cm³/mol. The fourth-order valence-corrected chi connectivity index (χ4v) is 2.46. The lowest BCUT2D eigenvalue weighted by Gasteiger charge is -2.03. The Morgan fingerprint density at radius 1 is 1.43 bits per heavy atom. The van der Waals surface area contributed by atoms with E-state index in [1.807, 2.05) is 0 Å². The van der Waals surface area contributed by atoms with Gasteiger partial charge in [-0.1, -0.05) is 11.6 Å². The molecule has 74 valence electrons. The Hall–Kier alpha value is -0.760. The highest BCUT2D eigenvalue weighted by atomic mass is 35.7. The van der Waals surface area contributed by atoms with Crippen molar-refractivity contribution >= 4 is 31.3 Å². The van der Waals surface area contributed by atoms with Gasteiger partial charge in [0.15, 0.2) is 0 Å². The predicted octanol–water partition coefficient (Wildman–Crippen LogP) is 2.45. The molecule has 0 saturated carbocycles. The smallest absolute Gasteiger partial charge is 0.207 e. The zero-order valence-electron chi connectivity index (χ0n) is 7.08. The van der Waals surface area contributed by atoms with Gasteiger partial charge in [0.2, 0.25) is 0 Å². The number of hydrogen-bond acceptors (Lipinski definition) is 3. The highest BCUT2D eigenvalue weighted by Gasteiger charge is 2.15. The number of benzene rings is 1. The summed E-state index contributed by atoms with van der Waals surface area (Å²) in [5.41, 5.74) is 0.514. The van der Waals surface area contributed by atoms with Gasteiger partial charge < -0.3 is 0 Å². The fraction of sp³-hybridized carbons (Fsp3) is 0.125. The first-order chi connectivity index (χ1) is 6.36. The van der Waals surface area contributed by atoms with Crippen molar-refractivity contribution in [1.29, 1.82) is 5.26 Å². The summed E-state index contributed by atoms with van der Waals surface area (Å²) in [5.74, 6) is 0. The molecule has 0 aliphatic carbocycles. The number of nitriles is 1. The Kier molecular flexibility index (Phi) is 3.05. The third-order valence-electron chi connectivity index (χ3n) is 1.65. The maximum absolute atomic E-state index is 11.0. The molecular formula is C8H5Cl2NO2S. The summed E-state index contributed by atoms with van der Waals surface area (Å²) >= 11 is 5.69. The van der Waals surface area contributed by atoms with Gasteiger partial charge in [0.05, 0.1) is 15.5 Å². The minimum absolute atomic E-state index is 0.0832. The van der Waals surface area contributed by atoms with Crippen molar-refractivity contribution in [3.63, 3.8) is 0 Å². The van der Waals surface area contributed by atoms with E-state index in [0.717, 1.165) is 0 Å². The minimum Gasteiger partial charge on any atom is -0.207 e. The number of halogens is 2. The molecule has 14 heavy (non-hydrogen) atoms. The van der Waals surface area contributed by atoms with Crippen molar-refractivity contribution in [2.24, 2.45) is 0 Å². The average Bonchev–Trinajstić information content (AvgIpc) is 2.02. The summed E-state index contributed by atoms with van der Waals surface area (Å²) in [7, 11) is 1.34. The summed E-state index contributed by atoms with van der Waals surface area (Å²) in [6.45, 7) is 1.56. The van der Waals surface area contributed by atoms with Gasteiger partial charge in [-0.15, -0.1) is 0 Å². The fourth-order valence-electron chi connectivity index (χ4n) is 1.00. The minimum atomic E-state index is -3.82. The molecule has 0 saturated heterocycles. The molecule has 0 spiro atoms. The molecule has 1 aromatic rings. The van der Waals surface area contributed by atoms with Gasteiger partial charge >= 0.3 is 0 Å². The van der Waals surface area contributed by atoms with Crippen LogP contribution in [-0.2, 0) is 9.05 Å². The van der Waals surface area contributed by atoms with E-state index in [1.165, 1.54) is 12.1 Å². The van der Waals surface area contributed by atoms with E-state index >= 15 is 0 Å². The Balaban J connectivity index is 3.58. The van der Waals surface area contributed by atoms with Crippen LogP contribution in [0.15, 0.2) is 17.0 Å². The van der Waals surface area contributed by atoms with Crippen molar-refractivity contribution in [1.82, 2.24) is 0 Å². The molecule has 0 bridgehead atoms. The normalized spacial score (nSPS) is 11.0. The van der Waals surface area contributed by atoms with E-state index in [4.69, 9.17) is 27.5 Å². The van der Waals surface area contributed by atoms with Crippen molar-refractivity contribution in [3.8, 4) is 6.07 Å². The molecule has 0 unspecified atom stereocenters. The lowest BCUT2D eigenvalue weighted by molar-refractivity contribution is 0.609. The van der Waals surface area contributed by atoms with Crippen LogP contribution in [0.5, 0.6) is 0 Å². The molecule has 0 fully saturated rings. The zero-order valence-corrected chi connectivity index (χ0v) is 9.41. The Morgan fingerprint density at radius 3 is 2.43 bits per heavy atom. The molecule has 0 atom stereocenters. The lowest BCUT2D eigenvalue weighted by atomic mass is 10.2. The quantitative estimate of drug-likeness (QED) is 0.719. The van der Waals surface area contributed by atoms with Crippen LogP contribution in [0, 0.1) is 18.3 Å². The molecule has 3 nitrogen and oxygen atoms in total. The van der Waals surface area contributed by atoms with E-state index in [1.54, 1.807) is 13.0 Å². The van der Waals surface area contributed by atoms with Crippen LogP contribution in [0.3, 0.4) is 0 Å². The SMILES string of the molecule is Cc1cc(Cl)c(C#N)cc1S(=O)(=O)Cl. The number of hydrogen-bond donors (Lipinski definition) is 0. The van der Waals surface area contributed by atoms with Crippen LogP contribution >= 0.6 is 22.3 Å². The number of nitrogens with zero attached hydrogens (tertiary/aromatic N) is 1. The summed E-state index contributed by atoms with van der Waals surface area (Å²) in [6.07, 6.45) is 0. The molecule has 0 aliphatic heterocycles. The van der Waals surface area contributed by atoms with Crippen LogP contribution in [0.2, 0.25) is 5.02 Å². The van der Waals surface area contributed by atoms with Crippen molar-refractivity contribution in [2.45, 2.75) is 11.8 Å². The molecule has 0 N–H and O–H groups in total. The van der Waals surface area contributed by atoms with Crippen LogP contribution in [0.1, 0.15) is 11.1 Å². The van der Waals surface area contributed by atoms with Crippen LogP contribution in [0.25, 0.3) is 0 Å². The van der Waals surface area contributed by atoms with Gasteiger partial charge in [-0.3, -0.25) is 0 Å². The molecule has 0 heterocycles. The Labute approximate surface area is 91.3 Å². The highest BCUT2D eigenvalue weighted by molar-refractivity contribution is 8.13. The Bertz CT molecular complexity index is 517. The highest BCUT2D eigenvalue weighted by Crippen LogP contribution is 2.26. The molecule has 0 amide bonds. The third kappa shape index (κ3) is 2.18. The first kappa shape index (κ1) is 11.3. The summed E-state index contributed by atoms with van der Waals surface area (Å²) < 4.78 is 22.1. The van der Waals surface area contributed by atoms with Gasteiger partial charge in [-0.25, -0.2) is 8.42 Å². The van der Waals surface area contributed by atoms with Crippen LogP contribution < -0.4 is 0 Å². The largest absolute Gasteiger partial charge is 0.261 e. The lowest BCUT2D eigenvalue weighted by Crippen LogP contribution is -1.96. The topological polar surface area (TPSA) is 57.9 Å². The monoisotopic (exact) mass is 249 g/mol. The van der Waals surface area contributed by atoms with E-state index < -0.39 is 9.05 Å². The molecule has 0 aromatic heterocycles. The standard InChI is InChI=1S/C8H5Cl2NO2S/c1-5-2-7(9)6(4-11)3-8(5)14(10,12)13/h2-3H,1H3. The second kappa shape index (κ2) is 3.77. The summed E-state index contributed by atoms with van der Waals surface area (Å²) in [6, 6.07) is 4.34. The molecular weight excluding hydrogens is 245 g/mol. The first-order valence-electron chi connectivity index (χ1n) is 3.51. The summed E-state index contributed by atoms with van der Waals surface area (Å²) in [4.78, 5) is -0.0832. The number of rotatable bonds is 1. The molecule has 0 radical (unpaired) electrons. The van der Waals surface area contributed by atoms with Gasteiger partial charge in [0.1, 0.15) is 6.07 Å². The van der Waals surface area contributed by atoms with Crippen molar-refractivity contribution in [2.75, 3.05) is 0 Å². The van der Waals surface area contributed by atoms with Crippen LogP contribution in [-0.4, -0.2) is 8.42 Å². The molecule has 0 aliphatic rings. The first-order valence-corrected chi connectivity index (χ1v) is 6.20. The van der Waals surface area contributed by atoms with E-state index in [-0.39, 0.29) is 15.5 Å². The van der Waals surface area contributed by atoms with E-state index in [2.05, 4.69) is 0 Å². The van der Waals surface area contributed by atoms with E-state index in [9.17, 15) is 8.42 Å². The van der Waals surface area contributed by atoms with Gasteiger partial charge in [0.25, 0.3) is 9.05 Å². The second-order valence-corrected chi connectivity index (χ2v) is 5.59. The van der Waals surface area contributed by atoms with Gasteiger partial charge in [0, 0.05) is 10.7 Å². The van der Waals surface area contributed by atoms with Gasteiger partial charge in [-0.2, -0.15) is 5.26 Å². The summed E-state index contributed by atoms with van der Waals surface area (Å²) in [5, 5.41) is 8.84. The van der Waals surface area contributed by atoms with E-state index in [0.29, 0.717) is 5.56 Å². The number of aryl methyl sites for hydroxylation is 1. The van der Waals surface area contributed by atoms with Crippen molar-refractivity contribution in [3.05, 3.63) is 28.3 Å². The zero-order chi connectivity index (χ0) is 10.9. The second-order valence-electron chi connectivity index (χ2n) is 2.65. The molecule has 1 aromatic carbocycles. The molecule has 6 heteroatoms. The maximum atomic E-state index is 11.0. The molecule has 1 rings (SSSR count). The maximum Gasteiger partial charge on any atom is 0.261 e. The average molecular weight is 250 g/mol. The Morgan fingerprint density at radius 2 is 2.00 bits per heavy atom. The third-order valence-corrected chi connectivity index (χ3v) is 3.42. The van der Waals surface area contributed by atoms with Crippen LogP contribution in [0.4, 0.5) is 0 Å².